The molecule has 1 aromatic carbocycles. The molecule has 4 rings (SSSR count). The fraction of sp³-hybridized carbons (Fsp3) is 0.550. The van der Waals surface area contributed by atoms with E-state index in [1.807, 2.05) is 9.80 Å². The van der Waals surface area contributed by atoms with E-state index in [9.17, 15) is 4.79 Å². The van der Waals surface area contributed by atoms with E-state index < -0.39 is 0 Å². The topological polar surface area (TPSA) is 186 Å². The lowest BCUT2D eigenvalue weighted by atomic mass is 10.2. The van der Waals surface area contributed by atoms with Gasteiger partial charge in [0.2, 0.25) is 5.95 Å². The second-order valence-electron chi connectivity index (χ2n) is 6.95. The van der Waals surface area contributed by atoms with E-state index in [1.54, 1.807) is 26.4 Å². The second-order valence-corrected chi connectivity index (χ2v) is 6.95. The number of ether oxygens (including phenoxy) is 3. The van der Waals surface area contributed by atoms with Crippen LogP contribution in [0.15, 0.2) is 12.1 Å². The minimum absolute atomic E-state index is 0. The van der Waals surface area contributed by atoms with E-state index in [2.05, 4.69) is 9.97 Å². The number of hydrogen-bond acceptors (Lipinski definition) is 9. The summed E-state index contributed by atoms with van der Waals surface area (Å²) < 4.78 is 16.2. The molecule has 2 fully saturated rings. The van der Waals surface area contributed by atoms with Gasteiger partial charge in [-0.2, -0.15) is 4.98 Å². The van der Waals surface area contributed by atoms with Gasteiger partial charge in [0.15, 0.2) is 11.5 Å². The molecule has 33 heavy (non-hydrogen) atoms. The highest BCUT2D eigenvalue weighted by Gasteiger charge is 2.31. The van der Waals surface area contributed by atoms with Gasteiger partial charge in [0.05, 0.1) is 19.7 Å². The number of methoxy groups -OCH3 is 2. The zero-order valence-corrected chi connectivity index (χ0v) is 19.9. The summed E-state index contributed by atoms with van der Waals surface area (Å²) >= 11 is 0. The number of aliphatic hydroxyl groups is 1. The molecule has 12 nitrogen and oxygen atoms in total. The first kappa shape index (κ1) is 30.4. The van der Waals surface area contributed by atoms with Crippen LogP contribution in [0.25, 0.3) is 10.9 Å². The van der Waals surface area contributed by atoms with E-state index in [0.29, 0.717) is 67.0 Å². The van der Waals surface area contributed by atoms with Gasteiger partial charge in [-0.3, -0.25) is 4.79 Å². The Bertz CT molecular complexity index is 891. The van der Waals surface area contributed by atoms with Crippen LogP contribution in [-0.2, 0) is 9.53 Å². The van der Waals surface area contributed by atoms with Crippen molar-refractivity contribution in [2.24, 2.45) is 0 Å². The molecule has 0 spiro atoms. The number of halogens is 1. The standard InChI is InChI=1S/C19H25N5O4.CH4O.ClH.2H2O/c1-26-15-10-12-13(11-16(15)27-2)21-19(22-17(12)20)24-7-5-23(6-8-24)18(25)14-4-3-9-28-14;1-2;;;/h10-11,14H,3-9H2,1-2H3,(H2,20,21,22);2H,1H3;1H;2*1H2. The minimum Gasteiger partial charge on any atom is -0.493 e. The number of rotatable bonds is 4. The number of benzene rings is 1. The number of aliphatic hydroxyl groups excluding tert-OH is 1. The van der Waals surface area contributed by atoms with E-state index >= 15 is 0 Å². The molecule has 1 atom stereocenters. The molecule has 0 saturated carbocycles. The van der Waals surface area contributed by atoms with Gasteiger partial charge in [-0.25, -0.2) is 4.98 Å². The summed E-state index contributed by atoms with van der Waals surface area (Å²) in [4.78, 5) is 25.6. The number of carbonyl (C=O) groups excluding carboxylic acids is 1. The van der Waals surface area contributed by atoms with Crippen LogP contribution in [0.2, 0.25) is 0 Å². The normalized spacial score (nSPS) is 17.0. The lowest BCUT2D eigenvalue weighted by Gasteiger charge is -2.35. The summed E-state index contributed by atoms with van der Waals surface area (Å²) in [7, 11) is 4.16. The van der Waals surface area contributed by atoms with E-state index in [0.717, 1.165) is 20.0 Å². The lowest BCUT2D eigenvalue weighted by Crippen LogP contribution is -2.51. The number of nitrogens with zero attached hydrogens (tertiary/aromatic N) is 4. The second kappa shape index (κ2) is 13.8. The third-order valence-corrected chi connectivity index (χ3v) is 5.30. The predicted octanol–water partition coefficient (Wildman–Crippen LogP) is -0.562. The first-order chi connectivity index (χ1) is 14.6. The molecule has 188 valence electrons. The summed E-state index contributed by atoms with van der Waals surface area (Å²) in [6.45, 7) is 3.21. The van der Waals surface area contributed by atoms with Crippen LogP contribution < -0.4 is 20.1 Å². The molecule has 3 heterocycles. The predicted molar refractivity (Wildman–Crippen MR) is 127 cm³/mol. The first-order valence-corrected chi connectivity index (χ1v) is 9.90. The van der Waals surface area contributed by atoms with Crippen LogP contribution in [0.4, 0.5) is 11.8 Å². The van der Waals surface area contributed by atoms with Crippen molar-refractivity contribution >= 4 is 41.0 Å². The van der Waals surface area contributed by atoms with E-state index in [1.165, 1.54) is 0 Å². The highest BCUT2D eigenvalue weighted by Crippen LogP contribution is 2.34. The summed E-state index contributed by atoms with van der Waals surface area (Å²) in [5.41, 5.74) is 6.87. The fourth-order valence-electron chi connectivity index (χ4n) is 3.71. The summed E-state index contributed by atoms with van der Waals surface area (Å²) in [6, 6.07) is 3.58. The molecule has 1 aromatic heterocycles. The van der Waals surface area contributed by atoms with Crippen molar-refractivity contribution in [1.82, 2.24) is 14.9 Å². The Morgan fingerprint density at radius 1 is 1.09 bits per heavy atom. The average molecular weight is 492 g/mol. The smallest absolute Gasteiger partial charge is 0.251 e. The van der Waals surface area contributed by atoms with Crippen molar-refractivity contribution in [1.29, 1.82) is 0 Å². The maximum absolute atomic E-state index is 12.5. The van der Waals surface area contributed by atoms with Gasteiger partial charge in [0.1, 0.15) is 11.9 Å². The zero-order chi connectivity index (χ0) is 21.7. The van der Waals surface area contributed by atoms with Crippen LogP contribution in [0.3, 0.4) is 0 Å². The van der Waals surface area contributed by atoms with Gasteiger partial charge in [-0.05, 0) is 18.9 Å². The minimum atomic E-state index is -0.276. The summed E-state index contributed by atoms with van der Waals surface area (Å²) in [6.07, 6.45) is 1.49. The van der Waals surface area contributed by atoms with Gasteiger partial charge in [-0.15, -0.1) is 12.4 Å². The van der Waals surface area contributed by atoms with Crippen molar-refractivity contribution in [3.63, 3.8) is 0 Å². The van der Waals surface area contributed by atoms with Crippen molar-refractivity contribution in [3.05, 3.63) is 12.1 Å². The number of nitrogens with two attached hydrogens (primary N) is 1. The lowest BCUT2D eigenvalue weighted by molar-refractivity contribution is -0.141. The SMILES string of the molecule is CO.COc1cc2nc(N3CCN(C(=O)C4CCCO4)CC3)nc(N)c2cc1OC.Cl.O.O. The van der Waals surface area contributed by atoms with E-state index in [-0.39, 0.29) is 35.4 Å². The Hall–Kier alpha value is -2.64. The van der Waals surface area contributed by atoms with Gasteiger partial charge in [-0.1, -0.05) is 0 Å². The highest BCUT2D eigenvalue weighted by atomic mass is 35.5. The molecule has 0 radical (unpaired) electrons. The molecule has 13 heteroatoms. The quantitative estimate of drug-likeness (QED) is 0.564. The van der Waals surface area contributed by atoms with Crippen molar-refractivity contribution < 1.29 is 35.1 Å². The van der Waals surface area contributed by atoms with Gasteiger partial charge in [0.25, 0.3) is 5.91 Å². The molecule has 2 aliphatic rings. The van der Waals surface area contributed by atoms with Gasteiger partial charge < -0.3 is 45.8 Å². The number of anilines is 2. The van der Waals surface area contributed by atoms with Crippen LogP contribution in [0.5, 0.6) is 11.5 Å². The third-order valence-electron chi connectivity index (χ3n) is 5.30. The highest BCUT2D eigenvalue weighted by molar-refractivity contribution is 5.91. The molecule has 2 aromatic rings. The van der Waals surface area contributed by atoms with Gasteiger partial charge in [0, 0.05) is 51.3 Å². The molecular formula is C20H34ClN5O7. The Labute approximate surface area is 198 Å². The molecule has 2 aliphatic heterocycles. The maximum atomic E-state index is 12.5. The molecule has 1 unspecified atom stereocenters. The van der Waals surface area contributed by atoms with Crippen LogP contribution in [0.1, 0.15) is 12.8 Å². The molecule has 0 aliphatic carbocycles. The van der Waals surface area contributed by atoms with Crippen LogP contribution >= 0.6 is 12.4 Å². The Kier molecular flexibility index (Phi) is 12.7. The fourth-order valence-corrected chi connectivity index (χ4v) is 3.71. The number of carbonyl (C=O) groups is 1. The number of piperazine rings is 1. The number of nitrogen functional groups attached to an aromatic ring is 1. The Morgan fingerprint density at radius 3 is 2.24 bits per heavy atom. The number of aromatic nitrogens is 2. The van der Waals surface area contributed by atoms with Crippen molar-refractivity contribution in [3.8, 4) is 11.5 Å². The Balaban J connectivity index is 0.00000199. The third kappa shape index (κ3) is 6.45. The monoisotopic (exact) mass is 491 g/mol. The summed E-state index contributed by atoms with van der Waals surface area (Å²) in [5, 5.41) is 7.72. The number of fused-ring (bicyclic) bond motifs is 1. The molecule has 0 bridgehead atoms. The average Bonchev–Trinajstić information content (AvgIpc) is 3.34. The maximum Gasteiger partial charge on any atom is 0.251 e. The molecular weight excluding hydrogens is 458 g/mol. The zero-order valence-electron chi connectivity index (χ0n) is 19.0. The number of amides is 1. The molecule has 7 N–H and O–H groups in total. The van der Waals surface area contributed by atoms with Crippen LogP contribution in [-0.4, -0.2) is 97.1 Å². The van der Waals surface area contributed by atoms with E-state index in [4.69, 9.17) is 25.1 Å². The summed E-state index contributed by atoms with van der Waals surface area (Å²) in [5.74, 6) is 2.21. The van der Waals surface area contributed by atoms with Gasteiger partial charge >= 0.3 is 0 Å². The van der Waals surface area contributed by atoms with Crippen LogP contribution in [0, 0.1) is 0 Å². The largest absolute Gasteiger partial charge is 0.493 e. The van der Waals surface area contributed by atoms with Crippen molar-refractivity contribution in [2.75, 3.05) is 64.7 Å². The first-order valence-electron chi connectivity index (χ1n) is 9.90. The van der Waals surface area contributed by atoms with Crippen molar-refractivity contribution in [2.45, 2.75) is 18.9 Å². The Morgan fingerprint density at radius 2 is 1.70 bits per heavy atom. The molecule has 2 saturated heterocycles. The number of hydrogen-bond donors (Lipinski definition) is 2. The molecule has 1 amide bonds.